The fourth-order valence-corrected chi connectivity index (χ4v) is 2.25. The Kier molecular flexibility index (Phi) is 3.89. The summed E-state index contributed by atoms with van der Waals surface area (Å²) >= 11 is 1.29. The molecule has 0 aliphatic heterocycles. The highest BCUT2D eigenvalue weighted by Gasteiger charge is 2.22. The van der Waals surface area contributed by atoms with Gasteiger partial charge in [0, 0.05) is 7.05 Å². The summed E-state index contributed by atoms with van der Waals surface area (Å²) in [5, 5.41) is 2.31. The van der Waals surface area contributed by atoms with E-state index in [9.17, 15) is 9.59 Å². The molecule has 1 rings (SSSR count). The van der Waals surface area contributed by atoms with Crippen molar-refractivity contribution in [3.63, 3.8) is 0 Å². The van der Waals surface area contributed by atoms with Crippen LogP contribution in [0.15, 0.2) is 5.38 Å². The molecule has 0 aliphatic carbocycles. The van der Waals surface area contributed by atoms with Crippen LogP contribution < -0.4 is 10.6 Å². The molecule has 0 fully saturated rings. The summed E-state index contributed by atoms with van der Waals surface area (Å²) < 4.78 is 4.93. The van der Waals surface area contributed by atoms with Gasteiger partial charge in [0.15, 0.2) is 0 Å². The molecule has 2 amide bonds. The predicted octanol–water partition coefficient (Wildman–Crippen LogP) is 1.75. The van der Waals surface area contributed by atoms with Crippen LogP contribution in [0.1, 0.15) is 22.8 Å². The van der Waals surface area contributed by atoms with Gasteiger partial charge in [-0.15, -0.1) is 11.3 Å². The zero-order valence-corrected chi connectivity index (χ0v) is 10.3. The summed E-state index contributed by atoms with van der Waals surface area (Å²) in [5.74, 6) is -0.427. The molecule has 0 saturated heterocycles. The van der Waals surface area contributed by atoms with E-state index in [1.54, 1.807) is 19.2 Å². The molecule has 1 aromatic rings. The number of ether oxygens (including phenoxy) is 1. The van der Waals surface area contributed by atoms with E-state index in [1.165, 1.54) is 23.3 Å². The van der Waals surface area contributed by atoms with E-state index in [0.29, 0.717) is 17.2 Å². The third-order valence-corrected chi connectivity index (χ3v) is 3.24. The number of carbonyl (C=O) groups excluding carboxylic acids is 2. The van der Waals surface area contributed by atoms with E-state index in [1.807, 2.05) is 0 Å². The first-order valence-electron chi connectivity index (χ1n) is 4.77. The standard InChI is InChI=1S/C10H14N2O3S/c1-4-15-9(13)7-6(2)5-16-8(7)12(3)10(11)14/h5H,4H2,1-3H3,(H2,11,14). The van der Waals surface area contributed by atoms with Crippen molar-refractivity contribution in [2.24, 2.45) is 5.73 Å². The van der Waals surface area contributed by atoms with Gasteiger partial charge < -0.3 is 10.5 Å². The van der Waals surface area contributed by atoms with Crippen LogP contribution in [0, 0.1) is 6.92 Å². The van der Waals surface area contributed by atoms with Crippen LogP contribution in [-0.4, -0.2) is 25.7 Å². The molecule has 0 radical (unpaired) electrons. The average molecular weight is 242 g/mol. The number of anilines is 1. The summed E-state index contributed by atoms with van der Waals surface area (Å²) in [5.41, 5.74) is 6.36. The number of nitrogens with zero attached hydrogens (tertiary/aromatic N) is 1. The Hall–Kier alpha value is -1.56. The molecule has 0 saturated carbocycles. The molecule has 0 aromatic carbocycles. The summed E-state index contributed by atoms with van der Waals surface area (Å²) in [7, 11) is 1.52. The molecule has 0 spiro atoms. The summed E-state index contributed by atoms with van der Waals surface area (Å²) in [6.45, 7) is 3.83. The van der Waals surface area contributed by atoms with Crippen LogP contribution in [-0.2, 0) is 4.74 Å². The van der Waals surface area contributed by atoms with E-state index >= 15 is 0 Å². The highest BCUT2D eigenvalue weighted by Crippen LogP contribution is 2.31. The lowest BCUT2D eigenvalue weighted by Crippen LogP contribution is -2.32. The Bertz CT molecular complexity index is 414. The van der Waals surface area contributed by atoms with Gasteiger partial charge in [-0.3, -0.25) is 4.90 Å². The SMILES string of the molecule is CCOC(=O)c1c(C)csc1N(C)C(N)=O. The molecule has 0 unspecified atom stereocenters. The van der Waals surface area contributed by atoms with Crippen LogP contribution in [0.2, 0.25) is 0 Å². The summed E-state index contributed by atoms with van der Waals surface area (Å²) in [6.07, 6.45) is 0. The number of esters is 1. The molecule has 0 atom stereocenters. The van der Waals surface area contributed by atoms with Gasteiger partial charge in [0.05, 0.1) is 12.2 Å². The molecule has 2 N–H and O–H groups in total. The number of aryl methyl sites for hydroxylation is 1. The van der Waals surface area contributed by atoms with Crippen molar-refractivity contribution >= 4 is 28.3 Å². The topological polar surface area (TPSA) is 72.6 Å². The van der Waals surface area contributed by atoms with Gasteiger partial charge >= 0.3 is 12.0 Å². The normalized spacial score (nSPS) is 9.94. The van der Waals surface area contributed by atoms with Crippen LogP contribution in [0.4, 0.5) is 9.80 Å². The predicted molar refractivity (Wildman–Crippen MR) is 63.0 cm³/mol. The molecule has 5 nitrogen and oxygen atoms in total. The average Bonchev–Trinajstić information content (AvgIpc) is 2.59. The second-order valence-electron chi connectivity index (χ2n) is 3.22. The van der Waals surface area contributed by atoms with Crippen molar-refractivity contribution in [3.8, 4) is 0 Å². The van der Waals surface area contributed by atoms with Gasteiger partial charge in [0.25, 0.3) is 0 Å². The molecule has 0 aliphatic rings. The first-order chi connectivity index (χ1) is 7.49. The third-order valence-electron chi connectivity index (χ3n) is 2.07. The summed E-state index contributed by atoms with van der Waals surface area (Å²) in [6, 6.07) is -0.604. The number of rotatable bonds is 3. The zero-order chi connectivity index (χ0) is 12.3. The van der Waals surface area contributed by atoms with E-state index in [0.717, 1.165) is 5.56 Å². The maximum absolute atomic E-state index is 11.7. The van der Waals surface area contributed by atoms with Crippen molar-refractivity contribution < 1.29 is 14.3 Å². The number of thiophene rings is 1. The Balaban J connectivity index is 3.12. The Morgan fingerprint density at radius 1 is 1.56 bits per heavy atom. The van der Waals surface area contributed by atoms with Crippen molar-refractivity contribution in [2.45, 2.75) is 13.8 Å². The number of nitrogens with two attached hydrogens (primary N) is 1. The first kappa shape index (κ1) is 12.5. The van der Waals surface area contributed by atoms with Crippen molar-refractivity contribution in [1.29, 1.82) is 0 Å². The molecule has 1 aromatic heterocycles. The van der Waals surface area contributed by atoms with Crippen molar-refractivity contribution in [3.05, 3.63) is 16.5 Å². The third kappa shape index (κ3) is 2.33. The second-order valence-corrected chi connectivity index (χ2v) is 4.07. The number of carbonyl (C=O) groups is 2. The summed E-state index contributed by atoms with van der Waals surface area (Å²) in [4.78, 5) is 24.0. The zero-order valence-electron chi connectivity index (χ0n) is 9.44. The van der Waals surface area contributed by atoms with Crippen LogP contribution >= 0.6 is 11.3 Å². The number of primary amides is 1. The Labute approximate surface area is 97.8 Å². The second kappa shape index (κ2) is 4.98. The van der Waals surface area contributed by atoms with Gasteiger partial charge in [-0.1, -0.05) is 0 Å². The lowest BCUT2D eigenvalue weighted by atomic mass is 10.2. The van der Waals surface area contributed by atoms with E-state index in [4.69, 9.17) is 10.5 Å². The highest BCUT2D eigenvalue weighted by atomic mass is 32.1. The van der Waals surface area contributed by atoms with Crippen LogP contribution in [0.5, 0.6) is 0 Å². The highest BCUT2D eigenvalue weighted by molar-refractivity contribution is 7.15. The largest absolute Gasteiger partial charge is 0.462 e. The molecule has 0 bridgehead atoms. The van der Waals surface area contributed by atoms with Gasteiger partial charge in [0.2, 0.25) is 0 Å². The van der Waals surface area contributed by atoms with E-state index < -0.39 is 12.0 Å². The molecule has 16 heavy (non-hydrogen) atoms. The number of amides is 2. The minimum absolute atomic E-state index is 0.299. The molecule has 88 valence electrons. The molecule has 1 heterocycles. The first-order valence-corrected chi connectivity index (χ1v) is 5.65. The van der Waals surface area contributed by atoms with E-state index in [2.05, 4.69) is 0 Å². The van der Waals surface area contributed by atoms with Crippen molar-refractivity contribution in [2.75, 3.05) is 18.6 Å². The maximum atomic E-state index is 11.7. The molecule has 6 heteroatoms. The molecular formula is C10H14N2O3S. The smallest absolute Gasteiger partial charge is 0.341 e. The Morgan fingerprint density at radius 2 is 2.19 bits per heavy atom. The molecular weight excluding hydrogens is 228 g/mol. The van der Waals surface area contributed by atoms with Crippen molar-refractivity contribution in [1.82, 2.24) is 0 Å². The van der Waals surface area contributed by atoms with Crippen LogP contribution in [0.25, 0.3) is 0 Å². The van der Waals surface area contributed by atoms with Crippen LogP contribution in [0.3, 0.4) is 0 Å². The van der Waals surface area contributed by atoms with Gasteiger partial charge in [0.1, 0.15) is 5.00 Å². The number of urea groups is 1. The Morgan fingerprint density at radius 3 is 2.69 bits per heavy atom. The van der Waals surface area contributed by atoms with Gasteiger partial charge in [-0.05, 0) is 24.8 Å². The minimum Gasteiger partial charge on any atom is -0.462 e. The number of hydrogen-bond acceptors (Lipinski definition) is 4. The monoisotopic (exact) mass is 242 g/mol. The van der Waals surface area contributed by atoms with Gasteiger partial charge in [-0.25, -0.2) is 9.59 Å². The van der Waals surface area contributed by atoms with E-state index in [-0.39, 0.29) is 0 Å². The van der Waals surface area contributed by atoms with Gasteiger partial charge in [-0.2, -0.15) is 0 Å². The number of hydrogen-bond donors (Lipinski definition) is 1. The fourth-order valence-electron chi connectivity index (χ4n) is 1.23. The lowest BCUT2D eigenvalue weighted by Gasteiger charge is -2.14. The lowest BCUT2D eigenvalue weighted by molar-refractivity contribution is 0.0527. The minimum atomic E-state index is -0.604. The quantitative estimate of drug-likeness (QED) is 0.821. The maximum Gasteiger partial charge on any atom is 0.341 e. The fraction of sp³-hybridized carbons (Fsp3) is 0.400.